The van der Waals surface area contributed by atoms with Gasteiger partial charge in [-0.1, -0.05) is 19.1 Å². The van der Waals surface area contributed by atoms with E-state index < -0.39 is 0 Å². The van der Waals surface area contributed by atoms with Crippen molar-refractivity contribution in [2.45, 2.75) is 13.3 Å². The molecule has 0 bridgehead atoms. The van der Waals surface area contributed by atoms with E-state index in [2.05, 4.69) is 16.3 Å². The van der Waals surface area contributed by atoms with E-state index in [1.54, 1.807) is 24.3 Å². The predicted molar refractivity (Wildman–Crippen MR) is 64.4 cm³/mol. The summed E-state index contributed by atoms with van der Waals surface area (Å²) in [5.74, 6) is 0. The fourth-order valence-corrected chi connectivity index (χ4v) is 1.70. The Hall–Kier alpha value is -2.41. The van der Waals surface area contributed by atoms with Crippen molar-refractivity contribution < 1.29 is 0 Å². The Balaban J connectivity index is 2.60. The second-order valence-corrected chi connectivity index (χ2v) is 3.65. The van der Waals surface area contributed by atoms with Crippen molar-refractivity contribution in [3.8, 4) is 17.3 Å². The molecule has 1 aromatic carbocycles. The molecule has 1 N–H and O–H groups in total. The number of aromatic amines is 1. The predicted octanol–water partition coefficient (Wildman–Crippen LogP) is 1.87. The number of nitriles is 1. The number of nitrogens with zero attached hydrogens (tertiary/aromatic N) is 2. The molecule has 1 heterocycles. The molecule has 0 aliphatic rings. The lowest BCUT2D eigenvalue weighted by molar-refractivity contribution is 0.957. The normalized spacial score (nSPS) is 9.88. The van der Waals surface area contributed by atoms with E-state index in [9.17, 15) is 4.79 Å². The van der Waals surface area contributed by atoms with Crippen molar-refractivity contribution in [2.24, 2.45) is 0 Å². The number of nitrogens with one attached hydrogen (secondary N) is 1. The summed E-state index contributed by atoms with van der Waals surface area (Å²) in [6, 6.07) is 10.8. The van der Waals surface area contributed by atoms with Crippen molar-refractivity contribution >= 4 is 0 Å². The van der Waals surface area contributed by atoms with Crippen LogP contribution in [0.1, 0.15) is 18.1 Å². The fraction of sp³-hybridized carbons (Fsp3) is 0.154. The standard InChI is InChI=1S/C13H11N3O/c1-2-10-7-12(17)15-16-13(10)11-5-3-4-9(6-11)8-14/h3-7H,2H2,1H3,(H,15,17). The summed E-state index contributed by atoms with van der Waals surface area (Å²) in [6.07, 6.45) is 0.725. The Morgan fingerprint density at radius 2 is 2.24 bits per heavy atom. The molecule has 0 atom stereocenters. The summed E-state index contributed by atoms with van der Waals surface area (Å²) in [4.78, 5) is 11.2. The van der Waals surface area contributed by atoms with Gasteiger partial charge >= 0.3 is 0 Å². The highest BCUT2D eigenvalue weighted by Crippen LogP contribution is 2.20. The number of aromatic nitrogens is 2. The molecular weight excluding hydrogens is 214 g/mol. The first kappa shape index (κ1) is 11.1. The van der Waals surface area contributed by atoms with Gasteiger partial charge in [0.25, 0.3) is 5.56 Å². The summed E-state index contributed by atoms with van der Waals surface area (Å²) in [7, 11) is 0. The van der Waals surface area contributed by atoms with Gasteiger partial charge in [-0.25, -0.2) is 5.10 Å². The van der Waals surface area contributed by atoms with Gasteiger partial charge in [0.15, 0.2) is 0 Å². The van der Waals surface area contributed by atoms with Gasteiger partial charge in [-0.2, -0.15) is 10.4 Å². The van der Waals surface area contributed by atoms with Crippen LogP contribution in [0.4, 0.5) is 0 Å². The van der Waals surface area contributed by atoms with Crippen molar-refractivity contribution in [3.63, 3.8) is 0 Å². The summed E-state index contributed by atoms with van der Waals surface area (Å²) < 4.78 is 0. The number of hydrogen-bond acceptors (Lipinski definition) is 3. The Morgan fingerprint density at radius 1 is 1.41 bits per heavy atom. The molecule has 0 unspecified atom stereocenters. The first-order valence-electron chi connectivity index (χ1n) is 5.33. The topological polar surface area (TPSA) is 69.5 Å². The third-order valence-electron chi connectivity index (χ3n) is 2.53. The largest absolute Gasteiger partial charge is 0.268 e. The molecule has 2 aromatic rings. The third kappa shape index (κ3) is 2.23. The Bertz CT molecular complexity index is 638. The van der Waals surface area contributed by atoms with E-state index in [0.717, 1.165) is 23.2 Å². The minimum Gasteiger partial charge on any atom is -0.268 e. The van der Waals surface area contributed by atoms with Crippen molar-refractivity contribution in [2.75, 3.05) is 0 Å². The van der Waals surface area contributed by atoms with E-state index >= 15 is 0 Å². The van der Waals surface area contributed by atoms with Crippen LogP contribution in [-0.2, 0) is 6.42 Å². The van der Waals surface area contributed by atoms with Crippen LogP contribution in [0.15, 0.2) is 35.1 Å². The second-order valence-electron chi connectivity index (χ2n) is 3.65. The van der Waals surface area contributed by atoms with E-state index in [1.165, 1.54) is 0 Å². The second kappa shape index (κ2) is 4.62. The number of H-pyrrole nitrogens is 1. The summed E-state index contributed by atoms with van der Waals surface area (Å²) >= 11 is 0. The van der Waals surface area contributed by atoms with Crippen LogP contribution in [0.25, 0.3) is 11.3 Å². The zero-order chi connectivity index (χ0) is 12.3. The molecule has 2 rings (SSSR count). The van der Waals surface area contributed by atoms with Gasteiger partial charge in [0.1, 0.15) is 0 Å². The lowest BCUT2D eigenvalue weighted by Crippen LogP contribution is -2.09. The van der Waals surface area contributed by atoms with Gasteiger partial charge in [-0.3, -0.25) is 4.79 Å². The summed E-state index contributed by atoms with van der Waals surface area (Å²) in [6.45, 7) is 1.97. The maximum absolute atomic E-state index is 11.2. The Morgan fingerprint density at radius 3 is 2.94 bits per heavy atom. The number of benzene rings is 1. The molecule has 0 aliphatic carbocycles. The third-order valence-corrected chi connectivity index (χ3v) is 2.53. The highest BCUT2D eigenvalue weighted by molar-refractivity contribution is 5.64. The molecule has 0 amide bonds. The maximum atomic E-state index is 11.2. The molecule has 0 aliphatic heterocycles. The van der Waals surface area contributed by atoms with Gasteiger partial charge in [-0.15, -0.1) is 0 Å². The molecule has 84 valence electrons. The monoisotopic (exact) mass is 225 g/mol. The molecule has 0 saturated heterocycles. The molecule has 0 spiro atoms. The van der Waals surface area contributed by atoms with E-state index in [1.807, 2.05) is 13.0 Å². The van der Waals surface area contributed by atoms with Crippen LogP contribution in [0.5, 0.6) is 0 Å². The first-order chi connectivity index (χ1) is 8.24. The van der Waals surface area contributed by atoms with E-state index in [0.29, 0.717) is 5.56 Å². The minimum atomic E-state index is -0.206. The number of aryl methyl sites for hydroxylation is 1. The van der Waals surface area contributed by atoms with Crippen molar-refractivity contribution in [3.05, 3.63) is 51.8 Å². The van der Waals surface area contributed by atoms with Gasteiger partial charge in [0.2, 0.25) is 0 Å². The first-order valence-corrected chi connectivity index (χ1v) is 5.33. The van der Waals surface area contributed by atoms with Crippen LogP contribution in [-0.4, -0.2) is 10.2 Å². The highest BCUT2D eigenvalue weighted by atomic mass is 16.1. The van der Waals surface area contributed by atoms with Gasteiger partial charge < -0.3 is 0 Å². The molecule has 0 fully saturated rings. The van der Waals surface area contributed by atoms with Crippen molar-refractivity contribution in [1.29, 1.82) is 5.26 Å². The molecule has 4 nitrogen and oxygen atoms in total. The number of rotatable bonds is 2. The summed E-state index contributed by atoms with van der Waals surface area (Å²) in [5.41, 5.74) is 2.82. The molecule has 0 saturated carbocycles. The lowest BCUT2D eigenvalue weighted by atomic mass is 10.0. The van der Waals surface area contributed by atoms with Crippen LogP contribution < -0.4 is 5.56 Å². The van der Waals surface area contributed by atoms with Crippen LogP contribution in [0, 0.1) is 11.3 Å². The zero-order valence-corrected chi connectivity index (χ0v) is 9.40. The molecule has 0 radical (unpaired) electrons. The van der Waals surface area contributed by atoms with E-state index in [4.69, 9.17) is 5.26 Å². The molecular formula is C13H11N3O. The smallest absolute Gasteiger partial charge is 0.264 e. The van der Waals surface area contributed by atoms with Crippen LogP contribution >= 0.6 is 0 Å². The molecule has 1 aromatic heterocycles. The average Bonchev–Trinajstić information content (AvgIpc) is 2.38. The van der Waals surface area contributed by atoms with Gasteiger partial charge in [0.05, 0.1) is 17.3 Å². The fourth-order valence-electron chi connectivity index (χ4n) is 1.70. The highest BCUT2D eigenvalue weighted by Gasteiger charge is 2.07. The van der Waals surface area contributed by atoms with E-state index in [-0.39, 0.29) is 5.56 Å². The molecule has 4 heteroatoms. The van der Waals surface area contributed by atoms with Gasteiger partial charge in [0, 0.05) is 11.6 Å². The van der Waals surface area contributed by atoms with Crippen LogP contribution in [0.3, 0.4) is 0 Å². The summed E-state index contributed by atoms with van der Waals surface area (Å²) in [5, 5.41) is 15.3. The average molecular weight is 225 g/mol. The molecule has 17 heavy (non-hydrogen) atoms. The quantitative estimate of drug-likeness (QED) is 0.848. The van der Waals surface area contributed by atoms with Crippen LogP contribution in [0.2, 0.25) is 0 Å². The Kier molecular flexibility index (Phi) is 3.01. The Labute approximate surface area is 98.5 Å². The lowest BCUT2D eigenvalue weighted by Gasteiger charge is -2.05. The van der Waals surface area contributed by atoms with Gasteiger partial charge in [-0.05, 0) is 24.1 Å². The maximum Gasteiger partial charge on any atom is 0.264 e. The van der Waals surface area contributed by atoms with Crippen molar-refractivity contribution in [1.82, 2.24) is 10.2 Å². The minimum absolute atomic E-state index is 0.206. The zero-order valence-electron chi connectivity index (χ0n) is 9.40. The SMILES string of the molecule is CCc1cc(=O)[nH]nc1-c1cccc(C#N)c1. The number of hydrogen-bond donors (Lipinski definition) is 1.